The fraction of sp³-hybridized carbons (Fsp3) is 0.776. The molecule has 4 nitrogen and oxygen atoms in total. The predicted molar refractivity (Wildman–Crippen MR) is 276 cm³/mol. The first-order valence-corrected chi connectivity index (χ1v) is 27.2. The first kappa shape index (κ1) is 59.8. The highest BCUT2D eigenvalue weighted by Gasteiger charge is 2.17. The monoisotopic (exact) mass is 864 g/mol. The summed E-state index contributed by atoms with van der Waals surface area (Å²) in [6.45, 7) is 4.19. The lowest BCUT2D eigenvalue weighted by Crippen LogP contribution is -2.45. The molecule has 0 radical (unpaired) electrons. The fourth-order valence-electron chi connectivity index (χ4n) is 8.07. The van der Waals surface area contributed by atoms with Crippen molar-refractivity contribution in [2.75, 3.05) is 6.61 Å². The quantitative estimate of drug-likeness (QED) is 0.0421. The zero-order chi connectivity index (χ0) is 44.9. The first-order valence-electron chi connectivity index (χ1n) is 27.2. The van der Waals surface area contributed by atoms with Gasteiger partial charge in [0.15, 0.2) is 0 Å². The van der Waals surface area contributed by atoms with Crippen LogP contribution in [0.2, 0.25) is 0 Å². The second-order valence-electron chi connectivity index (χ2n) is 18.3. The van der Waals surface area contributed by atoms with Gasteiger partial charge in [-0.15, -0.1) is 0 Å². The molecule has 0 saturated carbocycles. The molecule has 2 unspecified atom stereocenters. The van der Waals surface area contributed by atoms with Crippen molar-refractivity contribution in [3.05, 3.63) is 72.9 Å². The van der Waals surface area contributed by atoms with E-state index < -0.39 is 12.1 Å². The molecule has 0 bridgehead atoms. The zero-order valence-electron chi connectivity index (χ0n) is 41.4. The van der Waals surface area contributed by atoms with Crippen LogP contribution < -0.4 is 5.32 Å². The summed E-state index contributed by atoms with van der Waals surface area (Å²) in [4.78, 5) is 12.4. The van der Waals surface area contributed by atoms with E-state index in [1.54, 1.807) is 6.08 Å². The van der Waals surface area contributed by atoms with E-state index in [0.717, 1.165) is 57.8 Å². The van der Waals surface area contributed by atoms with Crippen LogP contribution in [-0.4, -0.2) is 34.9 Å². The summed E-state index contributed by atoms with van der Waals surface area (Å²) in [6.07, 6.45) is 76.4. The van der Waals surface area contributed by atoms with Crippen LogP contribution in [0.25, 0.3) is 0 Å². The van der Waals surface area contributed by atoms with Gasteiger partial charge in [0.25, 0.3) is 0 Å². The molecule has 0 aliphatic heterocycles. The standard InChI is InChI=1S/C58H105NO3/c1-3-5-7-9-11-13-15-17-19-20-21-22-23-24-25-26-27-28-29-30-31-32-33-34-35-36-37-38-40-42-44-46-48-50-52-54-58(62)59-56(55-60)57(61)53-51-49-47-45-43-41-39-18-16-14-12-10-8-6-4-2/h5,7,11,13,17,19,21-22,43,45,51,53,56-57,60-61H,3-4,6,8-10,12,14-16,18,20,23-42,44,46-50,52,54-55H2,1-2H3,(H,59,62)/b7-5-,13-11-,19-17-,22-21-,45-43+,53-51+. The highest BCUT2D eigenvalue weighted by Crippen LogP contribution is 2.16. The van der Waals surface area contributed by atoms with E-state index in [0.29, 0.717) is 6.42 Å². The van der Waals surface area contributed by atoms with Crippen molar-refractivity contribution >= 4 is 5.91 Å². The van der Waals surface area contributed by atoms with Gasteiger partial charge in [0.2, 0.25) is 5.91 Å². The molecule has 2 atom stereocenters. The molecule has 0 fully saturated rings. The maximum Gasteiger partial charge on any atom is 0.220 e. The third-order valence-corrected chi connectivity index (χ3v) is 12.2. The largest absolute Gasteiger partial charge is 0.394 e. The highest BCUT2D eigenvalue weighted by molar-refractivity contribution is 5.76. The lowest BCUT2D eigenvalue weighted by Gasteiger charge is -2.19. The van der Waals surface area contributed by atoms with Crippen molar-refractivity contribution in [3.63, 3.8) is 0 Å². The molecule has 3 N–H and O–H groups in total. The van der Waals surface area contributed by atoms with Crippen LogP contribution in [0.3, 0.4) is 0 Å². The van der Waals surface area contributed by atoms with Crippen molar-refractivity contribution in [2.24, 2.45) is 0 Å². The number of rotatable bonds is 49. The Hall–Kier alpha value is -2.17. The molecule has 0 aromatic rings. The molecule has 62 heavy (non-hydrogen) atoms. The van der Waals surface area contributed by atoms with Crippen LogP contribution >= 0.6 is 0 Å². The maximum atomic E-state index is 12.4. The van der Waals surface area contributed by atoms with Gasteiger partial charge >= 0.3 is 0 Å². The van der Waals surface area contributed by atoms with E-state index in [1.807, 2.05) is 6.08 Å². The summed E-state index contributed by atoms with van der Waals surface area (Å²) in [5.41, 5.74) is 0. The number of aliphatic hydroxyl groups excluding tert-OH is 2. The second-order valence-corrected chi connectivity index (χ2v) is 18.3. The molecule has 0 rings (SSSR count). The number of carbonyl (C=O) groups excluding carboxylic acids is 1. The number of aliphatic hydroxyl groups is 2. The molecule has 0 saturated heterocycles. The summed E-state index contributed by atoms with van der Waals surface area (Å²) >= 11 is 0. The topological polar surface area (TPSA) is 69.6 Å². The molecule has 0 spiro atoms. The fourth-order valence-corrected chi connectivity index (χ4v) is 8.07. The Morgan fingerprint density at radius 2 is 0.726 bits per heavy atom. The van der Waals surface area contributed by atoms with Crippen LogP contribution in [0.4, 0.5) is 0 Å². The Morgan fingerprint density at radius 1 is 0.403 bits per heavy atom. The summed E-state index contributed by atoms with van der Waals surface area (Å²) in [5.74, 6) is -0.0719. The van der Waals surface area contributed by atoms with Crippen LogP contribution in [0.1, 0.15) is 271 Å². The molecule has 0 heterocycles. The molecule has 0 aliphatic rings. The van der Waals surface area contributed by atoms with Gasteiger partial charge in [0, 0.05) is 6.42 Å². The van der Waals surface area contributed by atoms with Crippen LogP contribution in [0, 0.1) is 0 Å². The Morgan fingerprint density at radius 3 is 1.13 bits per heavy atom. The van der Waals surface area contributed by atoms with E-state index >= 15 is 0 Å². The van der Waals surface area contributed by atoms with Crippen LogP contribution in [-0.2, 0) is 4.79 Å². The molecule has 360 valence electrons. The van der Waals surface area contributed by atoms with Gasteiger partial charge in [0.05, 0.1) is 18.8 Å². The Kier molecular flexibility index (Phi) is 51.3. The van der Waals surface area contributed by atoms with Crippen molar-refractivity contribution in [3.8, 4) is 0 Å². The van der Waals surface area contributed by atoms with Gasteiger partial charge in [0.1, 0.15) is 0 Å². The summed E-state index contributed by atoms with van der Waals surface area (Å²) < 4.78 is 0. The molecule has 0 aliphatic carbocycles. The zero-order valence-corrected chi connectivity index (χ0v) is 41.4. The molecule has 1 amide bonds. The van der Waals surface area contributed by atoms with Crippen molar-refractivity contribution < 1.29 is 15.0 Å². The van der Waals surface area contributed by atoms with E-state index in [4.69, 9.17) is 0 Å². The number of carbonyl (C=O) groups is 1. The van der Waals surface area contributed by atoms with Crippen molar-refractivity contribution in [1.82, 2.24) is 5.32 Å². The lowest BCUT2D eigenvalue weighted by atomic mass is 10.0. The summed E-state index contributed by atoms with van der Waals surface area (Å²) in [7, 11) is 0. The van der Waals surface area contributed by atoms with E-state index in [2.05, 4.69) is 79.9 Å². The third-order valence-electron chi connectivity index (χ3n) is 12.2. The number of hydrogen-bond donors (Lipinski definition) is 3. The van der Waals surface area contributed by atoms with Gasteiger partial charge in [-0.3, -0.25) is 4.79 Å². The minimum atomic E-state index is -0.862. The Bertz CT molecular complexity index is 1070. The number of nitrogens with one attached hydrogen (secondary N) is 1. The normalized spacial score (nSPS) is 13.4. The van der Waals surface area contributed by atoms with E-state index in [1.165, 1.54) is 193 Å². The third kappa shape index (κ3) is 48.9. The summed E-state index contributed by atoms with van der Waals surface area (Å²) in [5, 5.41) is 23.1. The number of allylic oxidation sites excluding steroid dienone is 11. The average Bonchev–Trinajstić information content (AvgIpc) is 3.28. The predicted octanol–water partition coefficient (Wildman–Crippen LogP) is 17.8. The second kappa shape index (κ2) is 53.2. The van der Waals surface area contributed by atoms with Crippen LogP contribution in [0.15, 0.2) is 72.9 Å². The lowest BCUT2D eigenvalue weighted by molar-refractivity contribution is -0.123. The molecule has 0 aromatic carbocycles. The number of amides is 1. The first-order chi connectivity index (χ1) is 30.7. The molecular formula is C58H105NO3. The van der Waals surface area contributed by atoms with E-state index in [-0.39, 0.29) is 12.5 Å². The van der Waals surface area contributed by atoms with Gasteiger partial charge in [-0.05, 0) is 70.6 Å². The SMILES string of the molecule is CC/C=C\C/C=C\C/C=C\C/C=C\CCCCCCCCCCCCCCCCCCCCCCCCC(=O)NC(CO)C(O)/C=C/CC/C=C/CCCCCCCCCCC. The maximum absolute atomic E-state index is 12.4. The van der Waals surface area contributed by atoms with Gasteiger partial charge in [-0.2, -0.15) is 0 Å². The Labute approximate surface area is 387 Å². The van der Waals surface area contributed by atoms with E-state index in [9.17, 15) is 15.0 Å². The minimum absolute atomic E-state index is 0.0719. The molecule has 0 aromatic heterocycles. The summed E-state index contributed by atoms with van der Waals surface area (Å²) in [6, 6.07) is -0.639. The molecular weight excluding hydrogens is 759 g/mol. The van der Waals surface area contributed by atoms with Gasteiger partial charge < -0.3 is 15.5 Å². The van der Waals surface area contributed by atoms with Crippen molar-refractivity contribution in [2.45, 2.75) is 283 Å². The number of hydrogen-bond acceptors (Lipinski definition) is 3. The Balaban J connectivity index is 3.46. The van der Waals surface area contributed by atoms with Gasteiger partial charge in [-0.1, -0.05) is 267 Å². The number of unbranched alkanes of at least 4 members (excludes halogenated alkanes) is 32. The average molecular weight is 864 g/mol. The minimum Gasteiger partial charge on any atom is -0.394 e. The highest BCUT2D eigenvalue weighted by atomic mass is 16.3. The van der Waals surface area contributed by atoms with Crippen molar-refractivity contribution in [1.29, 1.82) is 0 Å². The smallest absolute Gasteiger partial charge is 0.220 e. The van der Waals surface area contributed by atoms with Gasteiger partial charge in [-0.25, -0.2) is 0 Å². The molecule has 4 heteroatoms. The van der Waals surface area contributed by atoms with Crippen LogP contribution in [0.5, 0.6) is 0 Å².